The van der Waals surface area contributed by atoms with Crippen molar-refractivity contribution in [1.82, 2.24) is 10.6 Å². The van der Waals surface area contributed by atoms with Gasteiger partial charge in [0.2, 0.25) is 11.8 Å². The molecule has 8 nitrogen and oxygen atoms in total. The van der Waals surface area contributed by atoms with E-state index in [0.717, 1.165) is 0 Å². The first-order valence-electron chi connectivity index (χ1n) is 6.14. The van der Waals surface area contributed by atoms with Gasteiger partial charge in [-0.05, 0) is 18.8 Å². The standard InChI is InChI=1S/C11H23N5O3/c1-6(2)8(9(13)17)16-10(18)7(12)4-3-5-15-11(14)19/h6-8H,3-5,12H2,1-2H3,(H2,13,17)(H,16,18)(H3,14,15,19)/t7-,8-/m0/s1. The van der Waals surface area contributed by atoms with Gasteiger partial charge >= 0.3 is 6.03 Å². The van der Waals surface area contributed by atoms with Gasteiger partial charge in [-0.15, -0.1) is 0 Å². The first-order chi connectivity index (χ1) is 8.75. The van der Waals surface area contributed by atoms with Gasteiger partial charge < -0.3 is 27.8 Å². The van der Waals surface area contributed by atoms with Crippen LogP contribution in [0.1, 0.15) is 26.7 Å². The van der Waals surface area contributed by atoms with Crippen molar-refractivity contribution in [3.8, 4) is 0 Å². The lowest BCUT2D eigenvalue weighted by atomic mass is 10.0. The van der Waals surface area contributed by atoms with Crippen molar-refractivity contribution in [3.05, 3.63) is 0 Å². The fraction of sp³-hybridized carbons (Fsp3) is 0.727. The van der Waals surface area contributed by atoms with E-state index in [2.05, 4.69) is 10.6 Å². The van der Waals surface area contributed by atoms with Crippen LogP contribution in [0.3, 0.4) is 0 Å². The summed E-state index contributed by atoms with van der Waals surface area (Å²) in [5, 5.41) is 4.91. The molecule has 0 saturated heterocycles. The molecule has 0 aliphatic heterocycles. The number of primary amides is 2. The van der Waals surface area contributed by atoms with Crippen LogP contribution in [0.15, 0.2) is 0 Å². The van der Waals surface area contributed by atoms with Gasteiger partial charge in [0.1, 0.15) is 6.04 Å². The maximum Gasteiger partial charge on any atom is 0.312 e. The predicted molar refractivity (Wildman–Crippen MR) is 70.8 cm³/mol. The number of carbonyl (C=O) groups is 3. The summed E-state index contributed by atoms with van der Waals surface area (Å²) in [7, 11) is 0. The summed E-state index contributed by atoms with van der Waals surface area (Å²) >= 11 is 0. The molecule has 0 aromatic rings. The summed E-state index contributed by atoms with van der Waals surface area (Å²) in [5.74, 6) is -1.13. The number of nitrogens with two attached hydrogens (primary N) is 3. The average molecular weight is 273 g/mol. The molecule has 0 fully saturated rings. The summed E-state index contributed by atoms with van der Waals surface area (Å²) in [6, 6.07) is -2.11. The molecule has 8 heteroatoms. The van der Waals surface area contributed by atoms with E-state index >= 15 is 0 Å². The van der Waals surface area contributed by atoms with Gasteiger partial charge in [0.05, 0.1) is 6.04 Å². The van der Waals surface area contributed by atoms with E-state index in [-0.39, 0.29) is 5.92 Å². The molecule has 0 radical (unpaired) electrons. The number of hydrogen-bond donors (Lipinski definition) is 5. The highest BCUT2D eigenvalue weighted by Crippen LogP contribution is 2.02. The zero-order valence-corrected chi connectivity index (χ0v) is 11.3. The maximum absolute atomic E-state index is 11.7. The van der Waals surface area contributed by atoms with Crippen LogP contribution >= 0.6 is 0 Å². The molecule has 2 atom stereocenters. The first kappa shape index (κ1) is 17.2. The van der Waals surface area contributed by atoms with E-state index in [9.17, 15) is 14.4 Å². The Kier molecular flexibility index (Phi) is 7.50. The Morgan fingerprint density at radius 2 is 1.74 bits per heavy atom. The van der Waals surface area contributed by atoms with Crippen molar-refractivity contribution in [2.45, 2.75) is 38.8 Å². The van der Waals surface area contributed by atoms with Gasteiger partial charge in [-0.2, -0.15) is 0 Å². The second-order valence-corrected chi connectivity index (χ2v) is 4.67. The van der Waals surface area contributed by atoms with Crippen LogP contribution in [0.2, 0.25) is 0 Å². The fourth-order valence-electron chi connectivity index (χ4n) is 1.49. The quantitative estimate of drug-likeness (QED) is 0.337. The van der Waals surface area contributed by atoms with E-state index < -0.39 is 29.9 Å². The number of carbonyl (C=O) groups excluding carboxylic acids is 3. The minimum Gasteiger partial charge on any atom is -0.368 e. The minimum absolute atomic E-state index is 0.106. The number of nitrogens with one attached hydrogen (secondary N) is 2. The summed E-state index contributed by atoms with van der Waals surface area (Å²) in [4.78, 5) is 33.3. The second-order valence-electron chi connectivity index (χ2n) is 4.67. The smallest absolute Gasteiger partial charge is 0.312 e. The highest BCUT2D eigenvalue weighted by molar-refractivity contribution is 5.89. The van der Waals surface area contributed by atoms with Gasteiger partial charge in [0, 0.05) is 6.54 Å². The predicted octanol–water partition coefficient (Wildman–Crippen LogP) is -1.61. The van der Waals surface area contributed by atoms with Crippen molar-refractivity contribution in [2.24, 2.45) is 23.1 Å². The van der Waals surface area contributed by atoms with Crippen LogP contribution in [0, 0.1) is 5.92 Å². The van der Waals surface area contributed by atoms with Gasteiger partial charge in [0.25, 0.3) is 0 Å². The van der Waals surface area contributed by atoms with Crippen molar-refractivity contribution in [1.29, 1.82) is 0 Å². The van der Waals surface area contributed by atoms with E-state index in [4.69, 9.17) is 17.2 Å². The first-order valence-corrected chi connectivity index (χ1v) is 6.14. The van der Waals surface area contributed by atoms with Gasteiger partial charge in [0.15, 0.2) is 0 Å². The molecule has 0 aromatic carbocycles. The Balaban J connectivity index is 4.11. The number of hydrogen-bond acceptors (Lipinski definition) is 4. The Morgan fingerprint density at radius 3 is 2.16 bits per heavy atom. The normalized spacial score (nSPS) is 13.7. The third-order valence-corrected chi connectivity index (χ3v) is 2.60. The molecule has 0 saturated carbocycles. The topological polar surface area (TPSA) is 153 Å². The zero-order chi connectivity index (χ0) is 15.0. The van der Waals surface area contributed by atoms with E-state index in [1.165, 1.54) is 0 Å². The second kappa shape index (κ2) is 8.30. The lowest BCUT2D eigenvalue weighted by Gasteiger charge is -2.21. The van der Waals surface area contributed by atoms with Crippen molar-refractivity contribution in [3.63, 3.8) is 0 Å². The SMILES string of the molecule is CC(C)[C@H](NC(=O)[C@@H](N)CCCNC(N)=O)C(N)=O. The van der Waals surface area contributed by atoms with E-state index in [0.29, 0.717) is 19.4 Å². The van der Waals surface area contributed by atoms with Crippen LogP contribution in [-0.2, 0) is 9.59 Å². The molecule has 0 spiro atoms. The fourth-order valence-corrected chi connectivity index (χ4v) is 1.49. The Bertz CT molecular complexity index is 332. The molecular formula is C11H23N5O3. The lowest BCUT2D eigenvalue weighted by molar-refractivity contribution is -0.129. The summed E-state index contributed by atoms with van der Waals surface area (Å²) in [5.41, 5.74) is 15.7. The third kappa shape index (κ3) is 7.24. The minimum atomic E-state index is -0.754. The van der Waals surface area contributed by atoms with Crippen LogP contribution < -0.4 is 27.8 Å². The number of urea groups is 1. The molecule has 110 valence electrons. The van der Waals surface area contributed by atoms with Crippen molar-refractivity contribution in [2.75, 3.05) is 6.54 Å². The largest absolute Gasteiger partial charge is 0.368 e. The van der Waals surface area contributed by atoms with Crippen LogP contribution in [0.25, 0.3) is 0 Å². The zero-order valence-electron chi connectivity index (χ0n) is 11.3. The number of amides is 4. The summed E-state index contributed by atoms with van der Waals surface area (Å²) < 4.78 is 0. The monoisotopic (exact) mass is 273 g/mol. The van der Waals surface area contributed by atoms with Gasteiger partial charge in [-0.25, -0.2) is 4.79 Å². The van der Waals surface area contributed by atoms with Crippen LogP contribution in [0.5, 0.6) is 0 Å². The third-order valence-electron chi connectivity index (χ3n) is 2.60. The molecule has 0 aliphatic rings. The Morgan fingerprint density at radius 1 is 1.16 bits per heavy atom. The van der Waals surface area contributed by atoms with E-state index in [1.807, 2.05) is 0 Å². The van der Waals surface area contributed by atoms with Crippen LogP contribution in [-0.4, -0.2) is 36.5 Å². The van der Waals surface area contributed by atoms with Gasteiger partial charge in [-0.1, -0.05) is 13.8 Å². The molecular weight excluding hydrogens is 250 g/mol. The molecule has 0 heterocycles. The highest BCUT2D eigenvalue weighted by Gasteiger charge is 2.24. The maximum atomic E-state index is 11.7. The molecule has 0 rings (SSSR count). The highest BCUT2D eigenvalue weighted by atomic mass is 16.2. The summed E-state index contributed by atoms with van der Waals surface area (Å²) in [6.07, 6.45) is 0.885. The molecule has 0 aliphatic carbocycles. The molecule has 4 amide bonds. The molecule has 0 unspecified atom stereocenters. The molecule has 0 aromatic heterocycles. The van der Waals surface area contributed by atoms with E-state index in [1.54, 1.807) is 13.8 Å². The molecule has 19 heavy (non-hydrogen) atoms. The molecule has 8 N–H and O–H groups in total. The van der Waals surface area contributed by atoms with Crippen molar-refractivity contribution >= 4 is 17.8 Å². The van der Waals surface area contributed by atoms with Crippen molar-refractivity contribution < 1.29 is 14.4 Å². The Hall–Kier alpha value is -1.83. The summed E-state index contributed by atoms with van der Waals surface area (Å²) in [6.45, 7) is 3.90. The molecule has 0 bridgehead atoms. The lowest BCUT2D eigenvalue weighted by Crippen LogP contribution is -2.52. The van der Waals surface area contributed by atoms with Gasteiger partial charge in [-0.3, -0.25) is 9.59 Å². The average Bonchev–Trinajstić information content (AvgIpc) is 2.29. The Labute approximate surface area is 112 Å². The van der Waals surface area contributed by atoms with Crippen LogP contribution in [0.4, 0.5) is 4.79 Å². The number of rotatable bonds is 8.